The SMILES string of the molecule is CCCc1cc(Cc2nn[nH]n2)ccc1OC. The van der Waals surface area contributed by atoms with Gasteiger partial charge in [-0.05, 0) is 23.6 Å². The lowest BCUT2D eigenvalue weighted by atomic mass is 10.0. The Balaban J connectivity index is 2.21. The van der Waals surface area contributed by atoms with Crippen LogP contribution < -0.4 is 4.74 Å². The van der Waals surface area contributed by atoms with Crippen LogP contribution >= 0.6 is 0 Å². The van der Waals surface area contributed by atoms with Crippen molar-refractivity contribution in [1.82, 2.24) is 20.6 Å². The molecule has 0 spiro atoms. The number of aryl methyl sites for hydroxylation is 1. The van der Waals surface area contributed by atoms with E-state index in [0.717, 1.165) is 18.6 Å². The normalized spacial score (nSPS) is 10.5. The second-order valence-electron chi connectivity index (χ2n) is 3.90. The topological polar surface area (TPSA) is 63.7 Å². The average Bonchev–Trinajstić information content (AvgIpc) is 2.83. The van der Waals surface area contributed by atoms with Gasteiger partial charge in [-0.25, -0.2) is 0 Å². The Morgan fingerprint density at radius 3 is 2.88 bits per heavy atom. The fourth-order valence-electron chi connectivity index (χ4n) is 1.85. The van der Waals surface area contributed by atoms with Gasteiger partial charge in [0.1, 0.15) is 5.75 Å². The Labute approximate surface area is 100 Å². The van der Waals surface area contributed by atoms with Crippen LogP contribution in [0.1, 0.15) is 30.3 Å². The van der Waals surface area contributed by atoms with E-state index in [1.54, 1.807) is 7.11 Å². The lowest BCUT2D eigenvalue weighted by molar-refractivity contribution is 0.409. The number of nitrogens with one attached hydrogen (secondary N) is 1. The first kappa shape index (κ1) is 11.6. The van der Waals surface area contributed by atoms with Crippen LogP contribution in [0.25, 0.3) is 0 Å². The number of nitrogens with zero attached hydrogens (tertiary/aromatic N) is 3. The van der Waals surface area contributed by atoms with Gasteiger partial charge in [0.2, 0.25) is 0 Å². The molecule has 1 heterocycles. The molecule has 1 aromatic heterocycles. The van der Waals surface area contributed by atoms with Crippen molar-refractivity contribution in [3.8, 4) is 5.75 Å². The van der Waals surface area contributed by atoms with E-state index >= 15 is 0 Å². The fraction of sp³-hybridized carbons (Fsp3) is 0.417. The van der Waals surface area contributed by atoms with Gasteiger partial charge >= 0.3 is 0 Å². The van der Waals surface area contributed by atoms with Crippen LogP contribution in [0.3, 0.4) is 0 Å². The Kier molecular flexibility index (Phi) is 3.69. The zero-order valence-corrected chi connectivity index (χ0v) is 10.1. The molecule has 2 aromatic rings. The van der Waals surface area contributed by atoms with Gasteiger partial charge < -0.3 is 4.74 Å². The highest BCUT2D eigenvalue weighted by Gasteiger charge is 2.06. The van der Waals surface area contributed by atoms with Gasteiger partial charge in [0.15, 0.2) is 5.82 Å². The molecule has 0 amide bonds. The highest BCUT2D eigenvalue weighted by atomic mass is 16.5. The Hall–Kier alpha value is -1.91. The molecule has 0 bridgehead atoms. The van der Waals surface area contributed by atoms with Crippen LogP contribution in [0.15, 0.2) is 18.2 Å². The van der Waals surface area contributed by atoms with E-state index in [-0.39, 0.29) is 0 Å². The first-order valence-corrected chi connectivity index (χ1v) is 5.71. The summed E-state index contributed by atoms with van der Waals surface area (Å²) in [5.41, 5.74) is 2.41. The third-order valence-corrected chi connectivity index (χ3v) is 2.62. The molecule has 0 aliphatic rings. The number of rotatable bonds is 5. The van der Waals surface area contributed by atoms with Crippen LogP contribution in [-0.4, -0.2) is 27.7 Å². The zero-order valence-electron chi connectivity index (χ0n) is 10.1. The number of tetrazole rings is 1. The van der Waals surface area contributed by atoms with Gasteiger partial charge in [-0.1, -0.05) is 30.7 Å². The van der Waals surface area contributed by atoms with Crippen molar-refractivity contribution in [2.24, 2.45) is 0 Å². The highest BCUT2D eigenvalue weighted by Crippen LogP contribution is 2.22. The predicted octanol–water partition coefficient (Wildman–Crippen LogP) is 1.75. The summed E-state index contributed by atoms with van der Waals surface area (Å²) in [4.78, 5) is 0. The molecule has 1 aromatic carbocycles. The minimum absolute atomic E-state index is 0.692. The van der Waals surface area contributed by atoms with E-state index in [9.17, 15) is 0 Å². The first-order valence-electron chi connectivity index (χ1n) is 5.71. The lowest BCUT2D eigenvalue weighted by Crippen LogP contribution is -1.96. The smallest absolute Gasteiger partial charge is 0.178 e. The maximum atomic E-state index is 5.34. The van der Waals surface area contributed by atoms with Gasteiger partial charge in [0.25, 0.3) is 0 Å². The molecule has 0 aliphatic carbocycles. The summed E-state index contributed by atoms with van der Waals surface area (Å²) in [5.74, 6) is 1.65. The summed E-state index contributed by atoms with van der Waals surface area (Å²) in [6.07, 6.45) is 2.81. The van der Waals surface area contributed by atoms with E-state index in [1.807, 2.05) is 12.1 Å². The quantitative estimate of drug-likeness (QED) is 0.853. The third-order valence-electron chi connectivity index (χ3n) is 2.62. The number of hydrogen-bond acceptors (Lipinski definition) is 4. The Morgan fingerprint density at radius 1 is 1.35 bits per heavy atom. The minimum atomic E-state index is 0.692. The summed E-state index contributed by atoms with van der Waals surface area (Å²) in [5, 5.41) is 13.9. The van der Waals surface area contributed by atoms with E-state index in [2.05, 4.69) is 33.6 Å². The maximum Gasteiger partial charge on any atom is 0.178 e. The summed E-state index contributed by atoms with van der Waals surface area (Å²) < 4.78 is 5.34. The summed E-state index contributed by atoms with van der Waals surface area (Å²) >= 11 is 0. The van der Waals surface area contributed by atoms with Crippen LogP contribution in [0, 0.1) is 0 Å². The number of benzene rings is 1. The monoisotopic (exact) mass is 232 g/mol. The Morgan fingerprint density at radius 2 is 2.24 bits per heavy atom. The maximum absolute atomic E-state index is 5.34. The first-order chi connectivity index (χ1) is 8.33. The molecule has 0 saturated heterocycles. The van der Waals surface area contributed by atoms with E-state index < -0.39 is 0 Å². The number of methoxy groups -OCH3 is 1. The average molecular weight is 232 g/mol. The number of aromatic amines is 1. The van der Waals surface area contributed by atoms with Crippen LogP contribution in [0.2, 0.25) is 0 Å². The van der Waals surface area contributed by atoms with Crippen molar-refractivity contribution in [3.05, 3.63) is 35.2 Å². The molecule has 0 fully saturated rings. The van der Waals surface area contributed by atoms with Crippen molar-refractivity contribution >= 4 is 0 Å². The summed E-state index contributed by atoms with van der Waals surface area (Å²) in [7, 11) is 1.70. The molecule has 0 radical (unpaired) electrons. The summed E-state index contributed by atoms with van der Waals surface area (Å²) in [6, 6.07) is 6.19. The van der Waals surface area contributed by atoms with Crippen LogP contribution in [-0.2, 0) is 12.8 Å². The van der Waals surface area contributed by atoms with Crippen molar-refractivity contribution < 1.29 is 4.74 Å². The molecule has 5 nitrogen and oxygen atoms in total. The van der Waals surface area contributed by atoms with Crippen molar-refractivity contribution in [2.75, 3.05) is 7.11 Å². The third kappa shape index (κ3) is 2.81. The molecule has 0 atom stereocenters. The Bertz CT molecular complexity index is 467. The van der Waals surface area contributed by atoms with Crippen LogP contribution in [0.5, 0.6) is 5.75 Å². The molecule has 5 heteroatoms. The van der Waals surface area contributed by atoms with Crippen molar-refractivity contribution in [2.45, 2.75) is 26.2 Å². The van der Waals surface area contributed by atoms with E-state index in [4.69, 9.17) is 4.74 Å². The number of H-pyrrole nitrogens is 1. The van der Waals surface area contributed by atoms with E-state index in [0.29, 0.717) is 12.2 Å². The molecule has 0 saturated carbocycles. The number of aromatic nitrogens is 4. The predicted molar refractivity (Wildman–Crippen MR) is 64.0 cm³/mol. The second-order valence-corrected chi connectivity index (χ2v) is 3.90. The molecular weight excluding hydrogens is 216 g/mol. The van der Waals surface area contributed by atoms with Crippen LogP contribution in [0.4, 0.5) is 0 Å². The molecule has 2 rings (SSSR count). The van der Waals surface area contributed by atoms with E-state index in [1.165, 1.54) is 11.1 Å². The molecule has 1 N–H and O–H groups in total. The largest absolute Gasteiger partial charge is 0.496 e. The van der Waals surface area contributed by atoms with Gasteiger partial charge in [-0.2, -0.15) is 5.21 Å². The molecule has 0 aliphatic heterocycles. The van der Waals surface area contributed by atoms with Crippen molar-refractivity contribution in [1.29, 1.82) is 0 Å². The minimum Gasteiger partial charge on any atom is -0.496 e. The zero-order chi connectivity index (χ0) is 12.1. The van der Waals surface area contributed by atoms with Gasteiger partial charge in [0, 0.05) is 6.42 Å². The second kappa shape index (κ2) is 5.43. The molecule has 17 heavy (non-hydrogen) atoms. The van der Waals surface area contributed by atoms with Gasteiger partial charge in [-0.15, -0.1) is 10.2 Å². The molecule has 0 unspecified atom stereocenters. The standard InChI is InChI=1S/C12H16N4O/c1-3-4-10-7-9(5-6-11(10)17-2)8-12-13-15-16-14-12/h5-7H,3-4,8H2,1-2H3,(H,13,14,15,16). The highest BCUT2D eigenvalue weighted by molar-refractivity contribution is 5.38. The lowest BCUT2D eigenvalue weighted by Gasteiger charge is -2.09. The molecular formula is C12H16N4O. The fourth-order valence-corrected chi connectivity index (χ4v) is 1.85. The number of hydrogen-bond donors (Lipinski definition) is 1. The number of ether oxygens (including phenoxy) is 1. The van der Waals surface area contributed by atoms with Gasteiger partial charge in [0.05, 0.1) is 7.11 Å². The summed E-state index contributed by atoms with van der Waals surface area (Å²) in [6.45, 7) is 2.16. The van der Waals surface area contributed by atoms with Gasteiger partial charge in [-0.3, -0.25) is 0 Å². The molecule has 90 valence electrons. The van der Waals surface area contributed by atoms with Crippen molar-refractivity contribution in [3.63, 3.8) is 0 Å².